The maximum absolute atomic E-state index is 6.19. The summed E-state index contributed by atoms with van der Waals surface area (Å²) >= 11 is 6.19. The van der Waals surface area contributed by atoms with Gasteiger partial charge in [-0.3, -0.25) is 0 Å². The third-order valence-electron chi connectivity index (χ3n) is 3.83. The first-order chi connectivity index (χ1) is 9.51. The molecule has 2 aromatic carbocycles. The molecule has 0 aliphatic heterocycles. The van der Waals surface area contributed by atoms with Crippen molar-refractivity contribution in [2.24, 2.45) is 0 Å². The second kappa shape index (κ2) is 6.43. The predicted octanol–water partition coefficient (Wildman–Crippen LogP) is 4.77. The summed E-state index contributed by atoms with van der Waals surface area (Å²) in [5.41, 5.74) is 6.36. The lowest BCUT2D eigenvalue weighted by molar-refractivity contribution is 0.588. The Kier molecular flexibility index (Phi) is 4.85. The summed E-state index contributed by atoms with van der Waals surface area (Å²) in [5, 5.41) is 4.27. The van der Waals surface area contributed by atoms with Crippen LogP contribution in [0.1, 0.15) is 33.9 Å². The van der Waals surface area contributed by atoms with E-state index < -0.39 is 0 Å². The fourth-order valence-corrected chi connectivity index (χ4v) is 2.72. The lowest BCUT2D eigenvalue weighted by Gasteiger charge is -2.20. The summed E-state index contributed by atoms with van der Waals surface area (Å²) in [6, 6.07) is 13.3. The maximum atomic E-state index is 6.19. The van der Waals surface area contributed by atoms with Crippen LogP contribution in [0.3, 0.4) is 0 Å². The van der Waals surface area contributed by atoms with Crippen LogP contribution in [0.5, 0.6) is 0 Å². The smallest absolute Gasteiger partial charge is 0.0438 e. The Bertz CT molecular complexity index is 587. The average Bonchev–Trinajstić information content (AvgIpc) is 2.43. The molecule has 0 aliphatic rings. The number of hydrogen-bond donors (Lipinski definition) is 1. The molecule has 2 aromatic rings. The van der Waals surface area contributed by atoms with E-state index >= 15 is 0 Å². The Balaban J connectivity index is 2.28. The van der Waals surface area contributed by atoms with Crippen LogP contribution < -0.4 is 5.32 Å². The summed E-state index contributed by atoms with van der Waals surface area (Å²) in [5.74, 6) is 0. The molecular weight excluding hydrogens is 266 g/mol. The average molecular weight is 288 g/mol. The first-order valence-electron chi connectivity index (χ1n) is 7.00. The van der Waals surface area contributed by atoms with E-state index in [0.717, 1.165) is 17.0 Å². The summed E-state index contributed by atoms with van der Waals surface area (Å²) in [7, 11) is 2.02. The van der Waals surface area contributed by atoms with E-state index in [9.17, 15) is 0 Å². The third-order valence-corrected chi connectivity index (χ3v) is 4.24. The lowest BCUT2D eigenvalue weighted by Crippen LogP contribution is -2.20. The fraction of sp³-hybridized carbons (Fsp3) is 0.333. The first kappa shape index (κ1) is 15.1. The van der Waals surface area contributed by atoms with Crippen molar-refractivity contribution in [3.63, 3.8) is 0 Å². The molecule has 106 valence electrons. The van der Waals surface area contributed by atoms with Crippen LogP contribution in [0.15, 0.2) is 36.4 Å². The molecule has 1 atom stereocenters. The van der Waals surface area contributed by atoms with E-state index in [0.29, 0.717) is 6.04 Å². The van der Waals surface area contributed by atoms with Gasteiger partial charge in [-0.05, 0) is 62.6 Å². The first-order valence-corrected chi connectivity index (χ1v) is 7.38. The van der Waals surface area contributed by atoms with Gasteiger partial charge in [-0.15, -0.1) is 0 Å². The van der Waals surface area contributed by atoms with E-state index in [1.165, 1.54) is 22.3 Å². The van der Waals surface area contributed by atoms with Gasteiger partial charge in [0, 0.05) is 11.1 Å². The highest BCUT2D eigenvalue weighted by Gasteiger charge is 2.14. The molecule has 0 aromatic heterocycles. The van der Waals surface area contributed by atoms with Crippen molar-refractivity contribution in [1.29, 1.82) is 0 Å². The zero-order valence-electron chi connectivity index (χ0n) is 12.6. The number of rotatable bonds is 4. The second-order valence-electron chi connectivity index (χ2n) is 5.49. The molecule has 2 rings (SSSR count). The molecule has 0 saturated carbocycles. The number of hydrogen-bond acceptors (Lipinski definition) is 1. The highest BCUT2D eigenvalue weighted by atomic mass is 35.5. The van der Waals surface area contributed by atoms with E-state index in [1.807, 2.05) is 7.05 Å². The molecule has 0 fully saturated rings. The van der Waals surface area contributed by atoms with Crippen molar-refractivity contribution in [3.05, 3.63) is 69.2 Å². The number of nitrogens with one attached hydrogen (secondary N) is 1. The standard InChI is InChI=1S/C18H22ClN/c1-12-5-7-15(8-6-12)11-18(20-4)16-9-14(3)17(19)10-13(16)2/h5-10,18,20H,11H2,1-4H3. The molecule has 1 nitrogen and oxygen atoms in total. The fourth-order valence-electron chi connectivity index (χ4n) is 2.51. The van der Waals surface area contributed by atoms with E-state index in [2.05, 4.69) is 62.5 Å². The zero-order chi connectivity index (χ0) is 14.7. The maximum Gasteiger partial charge on any atom is 0.0438 e. The van der Waals surface area contributed by atoms with Gasteiger partial charge < -0.3 is 5.32 Å². The van der Waals surface area contributed by atoms with Crippen LogP contribution in [0.25, 0.3) is 0 Å². The van der Waals surface area contributed by atoms with Gasteiger partial charge in [0.1, 0.15) is 0 Å². The molecule has 0 aliphatic carbocycles. The number of aryl methyl sites for hydroxylation is 3. The van der Waals surface area contributed by atoms with Crippen molar-refractivity contribution in [1.82, 2.24) is 5.32 Å². The summed E-state index contributed by atoms with van der Waals surface area (Å²) < 4.78 is 0. The third kappa shape index (κ3) is 3.41. The minimum atomic E-state index is 0.314. The molecule has 0 heterocycles. The highest BCUT2D eigenvalue weighted by molar-refractivity contribution is 6.31. The molecule has 2 heteroatoms. The number of likely N-dealkylation sites (N-methyl/N-ethyl adjacent to an activating group) is 1. The Morgan fingerprint density at radius 1 is 1.00 bits per heavy atom. The summed E-state index contributed by atoms with van der Waals surface area (Å²) in [6.07, 6.45) is 0.985. The summed E-state index contributed by atoms with van der Waals surface area (Å²) in [6.45, 7) is 6.30. The van der Waals surface area contributed by atoms with E-state index in [1.54, 1.807) is 0 Å². The van der Waals surface area contributed by atoms with Crippen LogP contribution in [-0.2, 0) is 6.42 Å². The number of benzene rings is 2. The minimum absolute atomic E-state index is 0.314. The van der Waals surface area contributed by atoms with E-state index in [-0.39, 0.29) is 0 Å². The molecule has 0 bridgehead atoms. The Hall–Kier alpha value is -1.31. The largest absolute Gasteiger partial charge is 0.313 e. The van der Waals surface area contributed by atoms with Gasteiger partial charge in [0.2, 0.25) is 0 Å². The second-order valence-corrected chi connectivity index (χ2v) is 5.90. The van der Waals surface area contributed by atoms with Crippen LogP contribution in [-0.4, -0.2) is 7.05 Å². The zero-order valence-corrected chi connectivity index (χ0v) is 13.4. The van der Waals surface area contributed by atoms with Crippen molar-refractivity contribution in [2.75, 3.05) is 7.05 Å². The normalized spacial score (nSPS) is 12.4. The highest BCUT2D eigenvalue weighted by Crippen LogP contribution is 2.27. The Morgan fingerprint density at radius 2 is 1.65 bits per heavy atom. The van der Waals surface area contributed by atoms with Gasteiger partial charge in [0.15, 0.2) is 0 Å². The van der Waals surface area contributed by atoms with Gasteiger partial charge in [-0.2, -0.15) is 0 Å². The Labute approximate surface area is 127 Å². The van der Waals surface area contributed by atoms with Crippen molar-refractivity contribution in [2.45, 2.75) is 33.2 Å². The molecule has 1 N–H and O–H groups in total. The van der Waals surface area contributed by atoms with Gasteiger partial charge in [0.05, 0.1) is 0 Å². The number of halogens is 1. The Morgan fingerprint density at radius 3 is 2.25 bits per heavy atom. The van der Waals surface area contributed by atoms with Gasteiger partial charge >= 0.3 is 0 Å². The van der Waals surface area contributed by atoms with Gasteiger partial charge in [-0.25, -0.2) is 0 Å². The van der Waals surface area contributed by atoms with Crippen molar-refractivity contribution >= 4 is 11.6 Å². The monoisotopic (exact) mass is 287 g/mol. The molecule has 0 spiro atoms. The van der Waals surface area contributed by atoms with Crippen molar-refractivity contribution in [3.8, 4) is 0 Å². The molecular formula is C18H22ClN. The molecule has 0 saturated heterocycles. The van der Waals surface area contributed by atoms with Crippen LogP contribution >= 0.6 is 11.6 Å². The summed E-state index contributed by atoms with van der Waals surface area (Å²) in [4.78, 5) is 0. The molecule has 0 radical (unpaired) electrons. The predicted molar refractivity (Wildman–Crippen MR) is 87.6 cm³/mol. The molecule has 1 unspecified atom stereocenters. The van der Waals surface area contributed by atoms with Crippen molar-refractivity contribution < 1.29 is 0 Å². The van der Waals surface area contributed by atoms with E-state index in [4.69, 9.17) is 11.6 Å². The molecule has 0 amide bonds. The minimum Gasteiger partial charge on any atom is -0.313 e. The van der Waals surface area contributed by atoms with Gasteiger partial charge in [-0.1, -0.05) is 47.5 Å². The van der Waals surface area contributed by atoms with Crippen LogP contribution in [0, 0.1) is 20.8 Å². The molecule has 20 heavy (non-hydrogen) atoms. The van der Waals surface area contributed by atoms with Gasteiger partial charge in [0.25, 0.3) is 0 Å². The van der Waals surface area contributed by atoms with Crippen LogP contribution in [0.4, 0.5) is 0 Å². The SMILES string of the molecule is CNC(Cc1ccc(C)cc1)c1cc(C)c(Cl)cc1C. The van der Waals surface area contributed by atoms with Crippen LogP contribution in [0.2, 0.25) is 5.02 Å². The quantitative estimate of drug-likeness (QED) is 0.854. The lowest BCUT2D eigenvalue weighted by atomic mass is 9.94. The topological polar surface area (TPSA) is 12.0 Å².